The van der Waals surface area contributed by atoms with Gasteiger partial charge in [-0.2, -0.15) is 11.8 Å². The molecule has 2 N–H and O–H groups in total. The number of benzene rings is 2. The zero-order valence-electron chi connectivity index (χ0n) is 34.2. The zero-order valence-corrected chi connectivity index (χ0v) is 35.8. The summed E-state index contributed by atoms with van der Waals surface area (Å²) in [7, 11) is -4.27. The highest BCUT2D eigenvalue weighted by Gasteiger charge is 2.46. The fourth-order valence-corrected chi connectivity index (χ4v) is 9.24. The van der Waals surface area contributed by atoms with Gasteiger partial charge in [0.25, 0.3) is 0 Å². The quantitative estimate of drug-likeness (QED) is 0.107. The maximum absolute atomic E-state index is 15.1. The number of sulfone groups is 1. The Morgan fingerprint density at radius 3 is 1.75 bits per heavy atom. The number of rotatable bonds is 17. The maximum Gasteiger partial charge on any atom is 0.407 e. The van der Waals surface area contributed by atoms with E-state index >= 15 is 8.42 Å². The Hall–Kier alpha value is -3.98. The molecule has 0 aliphatic carbocycles. The molecule has 2 heterocycles. The first-order valence-electron chi connectivity index (χ1n) is 18.9. The number of fused-ring (bicyclic) bond motifs is 2. The minimum Gasteiger partial charge on any atom is -0.444 e. The van der Waals surface area contributed by atoms with Crippen LogP contribution in [0, 0.1) is 0 Å². The molecule has 0 radical (unpaired) electrons. The lowest BCUT2D eigenvalue weighted by Gasteiger charge is -2.39. The minimum absolute atomic E-state index is 0.191. The van der Waals surface area contributed by atoms with Gasteiger partial charge in [0.2, 0.25) is 0 Å². The molecular formula is C42H58N4O8S2. The molecule has 4 atom stereocenters. The Balaban J connectivity index is 1.83. The second-order valence-corrected chi connectivity index (χ2v) is 19.6. The van der Waals surface area contributed by atoms with Gasteiger partial charge < -0.3 is 29.6 Å². The average molecular weight is 811 g/mol. The number of hydrogen-bond donors (Lipinski definition) is 2. The summed E-state index contributed by atoms with van der Waals surface area (Å²) >= 11 is 1.49. The van der Waals surface area contributed by atoms with Crippen molar-refractivity contribution in [2.24, 2.45) is 0 Å². The van der Waals surface area contributed by atoms with Gasteiger partial charge in [-0.1, -0.05) is 36.4 Å². The molecule has 56 heavy (non-hydrogen) atoms. The molecule has 0 fully saturated rings. The Morgan fingerprint density at radius 1 is 0.732 bits per heavy atom. The Labute approximate surface area is 336 Å². The van der Waals surface area contributed by atoms with Gasteiger partial charge in [-0.05, 0) is 105 Å². The summed E-state index contributed by atoms with van der Waals surface area (Å²) in [5.41, 5.74) is 1.29. The molecule has 0 aliphatic rings. The second-order valence-electron chi connectivity index (χ2n) is 16.4. The topological polar surface area (TPSA) is 155 Å². The molecule has 4 aromatic rings. The van der Waals surface area contributed by atoms with Crippen molar-refractivity contribution in [1.29, 1.82) is 0 Å². The molecular weight excluding hydrogens is 753 g/mol. The first kappa shape index (κ1) is 44.7. The van der Waals surface area contributed by atoms with Crippen LogP contribution in [-0.4, -0.2) is 89.8 Å². The number of nitrogens with zero attached hydrogens (tertiary/aromatic N) is 2. The van der Waals surface area contributed by atoms with Crippen molar-refractivity contribution in [3.8, 4) is 0 Å². The van der Waals surface area contributed by atoms with Gasteiger partial charge in [-0.3, -0.25) is 9.97 Å². The first-order chi connectivity index (χ1) is 26.2. The number of pyridine rings is 2. The van der Waals surface area contributed by atoms with E-state index in [1.165, 1.54) is 11.8 Å². The standard InChI is InChI=1S/C42H58N4O8S2/c1-27(2)51-23-35(45-39(47)53-41(5,6)7)38(56(49,50)26-30-20-32-16-12-14-18-34(32)44-22-30)37(52-28(3)4)36(46-40(48)54-42(8,9)10)25-55-24-29-19-31-15-11-13-17-33(31)43-21-29/h11-22,27-28,35-38H,23-26H2,1-10H3,(H,45,47)(H,46,48)/t35-,36+,37?,38?/m0/s1. The van der Waals surface area contributed by atoms with Crippen molar-refractivity contribution >= 4 is 55.6 Å². The van der Waals surface area contributed by atoms with E-state index in [4.69, 9.17) is 18.9 Å². The number of aromatic nitrogens is 2. The third-order valence-corrected chi connectivity index (χ3v) is 11.5. The predicted octanol–water partition coefficient (Wildman–Crippen LogP) is 8.01. The van der Waals surface area contributed by atoms with E-state index in [2.05, 4.69) is 26.7 Å². The Bertz CT molecular complexity index is 2030. The molecule has 4 rings (SSSR count). The van der Waals surface area contributed by atoms with Crippen LogP contribution in [0.15, 0.2) is 73.1 Å². The van der Waals surface area contributed by atoms with Crippen LogP contribution in [0.25, 0.3) is 21.8 Å². The largest absolute Gasteiger partial charge is 0.444 e. The van der Waals surface area contributed by atoms with E-state index in [1.54, 1.807) is 67.7 Å². The van der Waals surface area contributed by atoms with Crippen molar-refractivity contribution in [2.75, 3.05) is 12.4 Å². The maximum atomic E-state index is 15.1. The number of amides is 2. The number of alkyl carbamates (subject to hydrolysis) is 2. The number of carbonyl (C=O) groups is 2. The van der Waals surface area contributed by atoms with Crippen LogP contribution in [0.2, 0.25) is 0 Å². The Morgan fingerprint density at radius 2 is 1.23 bits per heavy atom. The second kappa shape index (κ2) is 19.4. The molecule has 0 aliphatic heterocycles. The molecule has 0 saturated carbocycles. The SMILES string of the molecule is CC(C)OC[C@H](NC(=O)OC(C)(C)C)C(C(OC(C)C)[C@@H](CSCc1cnc2ccccc2c1)NC(=O)OC(C)(C)C)S(=O)(=O)Cc1cnc2ccccc2c1. The van der Waals surface area contributed by atoms with Crippen LogP contribution in [0.3, 0.4) is 0 Å². The summed E-state index contributed by atoms with van der Waals surface area (Å²) in [4.78, 5) is 36.2. The normalized spacial score (nSPS) is 14.7. The number of carbonyl (C=O) groups excluding carboxylic acids is 2. The molecule has 0 spiro atoms. The highest BCUT2D eigenvalue weighted by molar-refractivity contribution is 7.98. The third kappa shape index (κ3) is 14.2. The summed E-state index contributed by atoms with van der Waals surface area (Å²) in [6.45, 7) is 17.5. The summed E-state index contributed by atoms with van der Waals surface area (Å²) in [5, 5.41) is 6.11. The third-order valence-electron chi connectivity index (χ3n) is 8.20. The number of hydrogen-bond acceptors (Lipinski definition) is 11. The van der Waals surface area contributed by atoms with Crippen molar-refractivity contribution in [1.82, 2.24) is 20.6 Å². The van der Waals surface area contributed by atoms with Crippen molar-refractivity contribution in [3.63, 3.8) is 0 Å². The molecule has 12 nitrogen and oxygen atoms in total. The van der Waals surface area contributed by atoms with E-state index in [0.29, 0.717) is 11.3 Å². The zero-order chi connectivity index (χ0) is 41.3. The van der Waals surface area contributed by atoms with Crippen LogP contribution in [0.5, 0.6) is 0 Å². The summed E-state index contributed by atoms with van der Waals surface area (Å²) in [5.74, 6) is 0.294. The van der Waals surface area contributed by atoms with Crippen molar-refractivity contribution < 1.29 is 37.0 Å². The predicted molar refractivity (Wildman–Crippen MR) is 223 cm³/mol. The van der Waals surface area contributed by atoms with E-state index < -0.39 is 68.5 Å². The molecule has 2 aromatic heterocycles. The molecule has 2 unspecified atom stereocenters. The van der Waals surface area contributed by atoms with Crippen LogP contribution >= 0.6 is 11.8 Å². The molecule has 14 heteroatoms. The van der Waals surface area contributed by atoms with Gasteiger partial charge in [0, 0.05) is 34.7 Å². The molecule has 2 amide bonds. The fraction of sp³-hybridized carbons (Fsp3) is 0.524. The summed E-state index contributed by atoms with van der Waals surface area (Å²) < 4.78 is 54.3. The lowest BCUT2D eigenvalue weighted by molar-refractivity contribution is -0.0297. The molecule has 306 valence electrons. The van der Waals surface area contributed by atoms with Crippen LogP contribution in [0.1, 0.15) is 80.4 Å². The molecule has 2 aromatic carbocycles. The minimum atomic E-state index is -4.27. The first-order valence-corrected chi connectivity index (χ1v) is 21.8. The molecule has 0 saturated heterocycles. The van der Waals surface area contributed by atoms with Crippen molar-refractivity contribution in [3.05, 3.63) is 84.2 Å². The lowest BCUT2D eigenvalue weighted by atomic mass is 10.0. The summed E-state index contributed by atoms with van der Waals surface area (Å²) in [6.07, 6.45) is -0.219. The van der Waals surface area contributed by atoms with E-state index in [9.17, 15) is 9.59 Å². The Kier molecular flexibility index (Phi) is 15.5. The van der Waals surface area contributed by atoms with Gasteiger partial charge in [-0.25, -0.2) is 18.0 Å². The average Bonchev–Trinajstić information content (AvgIpc) is 3.07. The molecule has 0 bridgehead atoms. The van der Waals surface area contributed by atoms with Crippen LogP contribution < -0.4 is 10.6 Å². The van der Waals surface area contributed by atoms with Crippen LogP contribution in [0.4, 0.5) is 9.59 Å². The van der Waals surface area contributed by atoms with E-state index in [1.807, 2.05) is 68.6 Å². The fourth-order valence-electron chi connectivity index (χ4n) is 6.07. The van der Waals surface area contributed by atoms with Gasteiger partial charge >= 0.3 is 12.2 Å². The van der Waals surface area contributed by atoms with Gasteiger partial charge in [0.05, 0.1) is 53.8 Å². The summed E-state index contributed by atoms with van der Waals surface area (Å²) in [6, 6.07) is 17.0. The monoisotopic (exact) mass is 810 g/mol. The van der Waals surface area contributed by atoms with E-state index in [-0.39, 0.29) is 18.5 Å². The van der Waals surface area contributed by atoms with E-state index in [0.717, 1.165) is 27.4 Å². The highest BCUT2D eigenvalue weighted by atomic mass is 32.2. The lowest BCUT2D eigenvalue weighted by Crippen LogP contribution is -2.62. The number of ether oxygens (including phenoxy) is 4. The number of para-hydroxylation sites is 2. The number of nitrogens with one attached hydrogen (secondary N) is 2. The van der Waals surface area contributed by atoms with Gasteiger partial charge in [0.1, 0.15) is 16.5 Å². The van der Waals surface area contributed by atoms with Gasteiger partial charge in [0.15, 0.2) is 9.84 Å². The van der Waals surface area contributed by atoms with Crippen molar-refractivity contribution in [2.45, 2.75) is 128 Å². The van der Waals surface area contributed by atoms with Gasteiger partial charge in [-0.15, -0.1) is 0 Å². The smallest absolute Gasteiger partial charge is 0.407 e. The number of thioether (sulfide) groups is 1. The van der Waals surface area contributed by atoms with Crippen LogP contribution in [-0.2, 0) is 40.3 Å². The highest BCUT2D eigenvalue weighted by Crippen LogP contribution is 2.28.